The highest BCUT2D eigenvalue weighted by molar-refractivity contribution is 9.10. The Bertz CT molecular complexity index is 962. The Hall–Kier alpha value is -2.58. The molecule has 30 heavy (non-hydrogen) atoms. The number of carbonyl (C=O) groups is 2. The van der Waals surface area contributed by atoms with Crippen LogP contribution in [0.2, 0.25) is 0 Å². The van der Waals surface area contributed by atoms with Gasteiger partial charge in [-0.25, -0.2) is 8.78 Å². The Kier molecular flexibility index (Phi) is 7.33. The maximum atomic E-state index is 14.1. The summed E-state index contributed by atoms with van der Waals surface area (Å²) in [6.07, 6.45) is 2.84. The number of hydrogen-bond donors (Lipinski definition) is 0. The molecule has 0 bridgehead atoms. The van der Waals surface area contributed by atoms with Crippen molar-refractivity contribution >= 4 is 27.6 Å². The summed E-state index contributed by atoms with van der Waals surface area (Å²) in [6, 6.07) is 7.88. The van der Waals surface area contributed by atoms with E-state index in [4.69, 9.17) is 9.47 Å². The molecule has 1 aliphatic rings. The minimum absolute atomic E-state index is 0.0255. The van der Waals surface area contributed by atoms with Crippen molar-refractivity contribution in [1.29, 1.82) is 0 Å². The third-order valence-electron chi connectivity index (χ3n) is 4.68. The SMILES string of the molecule is COCCOc1cc(CC(=O)N2C=CC(=O)C[C@H]2c2ccc(F)cc2)c(Br)cc1F. The number of amides is 1. The Morgan fingerprint density at radius 3 is 2.63 bits per heavy atom. The van der Waals surface area contributed by atoms with Crippen molar-refractivity contribution < 1.29 is 27.8 Å². The van der Waals surface area contributed by atoms with Crippen LogP contribution in [-0.4, -0.2) is 36.9 Å². The Morgan fingerprint density at radius 2 is 1.93 bits per heavy atom. The number of hydrogen-bond acceptors (Lipinski definition) is 4. The Labute approximate surface area is 181 Å². The number of ether oxygens (including phenoxy) is 2. The average molecular weight is 480 g/mol. The van der Waals surface area contributed by atoms with Gasteiger partial charge >= 0.3 is 0 Å². The summed E-state index contributed by atoms with van der Waals surface area (Å²) in [6.45, 7) is 0.474. The van der Waals surface area contributed by atoms with E-state index in [9.17, 15) is 18.4 Å². The number of allylic oxidation sites excluding steroid dienone is 1. The van der Waals surface area contributed by atoms with Gasteiger partial charge in [0.15, 0.2) is 17.3 Å². The molecule has 0 N–H and O–H groups in total. The normalized spacial score (nSPS) is 16.1. The quantitative estimate of drug-likeness (QED) is 0.554. The fourth-order valence-corrected chi connectivity index (χ4v) is 3.61. The third-order valence-corrected chi connectivity index (χ3v) is 5.42. The monoisotopic (exact) mass is 479 g/mol. The van der Waals surface area contributed by atoms with Gasteiger partial charge in [0.1, 0.15) is 12.4 Å². The highest BCUT2D eigenvalue weighted by atomic mass is 79.9. The van der Waals surface area contributed by atoms with Crippen LogP contribution in [0.3, 0.4) is 0 Å². The molecule has 158 valence electrons. The number of methoxy groups -OCH3 is 1. The molecule has 0 spiro atoms. The van der Waals surface area contributed by atoms with Crippen LogP contribution >= 0.6 is 15.9 Å². The van der Waals surface area contributed by atoms with Gasteiger partial charge in [-0.3, -0.25) is 9.59 Å². The minimum atomic E-state index is -0.554. The van der Waals surface area contributed by atoms with Crippen molar-refractivity contribution in [1.82, 2.24) is 4.90 Å². The van der Waals surface area contributed by atoms with Gasteiger partial charge in [0.05, 0.1) is 19.1 Å². The third kappa shape index (κ3) is 5.31. The van der Waals surface area contributed by atoms with E-state index in [-0.39, 0.29) is 36.9 Å². The highest BCUT2D eigenvalue weighted by Crippen LogP contribution is 2.31. The molecule has 2 aromatic carbocycles. The summed E-state index contributed by atoms with van der Waals surface area (Å²) in [5, 5.41) is 0. The number of benzene rings is 2. The van der Waals surface area contributed by atoms with Crippen LogP contribution in [0.15, 0.2) is 53.1 Å². The summed E-state index contributed by atoms with van der Waals surface area (Å²) in [4.78, 5) is 26.4. The second-order valence-electron chi connectivity index (χ2n) is 6.75. The lowest BCUT2D eigenvalue weighted by Gasteiger charge is -2.31. The molecule has 0 radical (unpaired) electrons. The van der Waals surface area contributed by atoms with Crippen LogP contribution in [0.1, 0.15) is 23.6 Å². The van der Waals surface area contributed by atoms with Crippen LogP contribution in [0.5, 0.6) is 5.75 Å². The summed E-state index contributed by atoms with van der Waals surface area (Å²) in [5.74, 6) is -1.33. The predicted molar refractivity (Wildman–Crippen MR) is 110 cm³/mol. The van der Waals surface area contributed by atoms with Gasteiger partial charge < -0.3 is 14.4 Å². The molecule has 0 unspecified atom stereocenters. The van der Waals surface area contributed by atoms with Crippen LogP contribution in [-0.2, 0) is 20.7 Å². The zero-order chi connectivity index (χ0) is 21.7. The molecule has 0 aromatic heterocycles. The second-order valence-corrected chi connectivity index (χ2v) is 7.60. The highest BCUT2D eigenvalue weighted by Gasteiger charge is 2.29. The molecule has 1 atom stereocenters. The summed E-state index contributed by atoms with van der Waals surface area (Å²) in [7, 11) is 1.51. The van der Waals surface area contributed by atoms with Gasteiger partial charge in [-0.05, 0) is 41.5 Å². The lowest BCUT2D eigenvalue weighted by molar-refractivity contribution is -0.131. The molecule has 0 aliphatic carbocycles. The Morgan fingerprint density at radius 1 is 1.20 bits per heavy atom. The van der Waals surface area contributed by atoms with E-state index in [1.54, 1.807) is 12.1 Å². The number of halogens is 3. The number of rotatable bonds is 7. The van der Waals surface area contributed by atoms with Crippen molar-refractivity contribution in [3.8, 4) is 5.75 Å². The van der Waals surface area contributed by atoms with Crippen molar-refractivity contribution in [2.45, 2.75) is 18.9 Å². The topological polar surface area (TPSA) is 55.8 Å². The summed E-state index contributed by atoms with van der Waals surface area (Å²) >= 11 is 3.29. The molecule has 2 aromatic rings. The van der Waals surface area contributed by atoms with Crippen LogP contribution < -0.4 is 4.74 Å². The molecular formula is C22H20BrF2NO4. The first-order valence-corrected chi connectivity index (χ1v) is 10.1. The van der Waals surface area contributed by atoms with Crippen molar-refractivity contribution in [3.63, 3.8) is 0 Å². The van der Waals surface area contributed by atoms with E-state index in [1.807, 2.05) is 0 Å². The van der Waals surface area contributed by atoms with E-state index < -0.39 is 17.7 Å². The zero-order valence-corrected chi connectivity index (χ0v) is 17.8. The maximum absolute atomic E-state index is 14.1. The Balaban J connectivity index is 1.82. The van der Waals surface area contributed by atoms with Gasteiger partial charge in [-0.1, -0.05) is 28.1 Å². The van der Waals surface area contributed by atoms with E-state index in [2.05, 4.69) is 15.9 Å². The number of carbonyl (C=O) groups excluding carboxylic acids is 2. The van der Waals surface area contributed by atoms with Gasteiger partial charge in [0.25, 0.3) is 0 Å². The molecule has 1 heterocycles. The lowest BCUT2D eigenvalue weighted by Crippen LogP contribution is -2.35. The largest absolute Gasteiger partial charge is 0.488 e. The molecule has 0 saturated carbocycles. The maximum Gasteiger partial charge on any atom is 0.231 e. The lowest BCUT2D eigenvalue weighted by atomic mass is 9.96. The van der Waals surface area contributed by atoms with Gasteiger partial charge in [-0.15, -0.1) is 0 Å². The van der Waals surface area contributed by atoms with E-state index in [0.29, 0.717) is 22.2 Å². The minimum Gasteiger partial charge on any atom is -0.488 e. The smallest absolute Gasteiger partial charge is 0.231 e. The molecule has 8 heteroatoms. The fraction of sp³-hybridized carbons (Fsp3) is 0.273. The zero-order valence-electron chi connectivity index (χ0n) is 16.2. The number of nitrogens with zero attached hydrogens (tertiary/aromatic N) is 1. The van der Waals surface area contributed by atoms with Crippen LogP contribution in [0.4, 0.5) is 8.78 Å². The number of ketones is 1. The second kappa shape index (κ2) is 9.95. The van der Waals surface area contributed by atoms with E-state index in [1.165, 1.54) is 48.6 Å². The first kappa shape index (κ1) is 22.1. The van der Waals surface area contributed by atoms with Gasteiger partial charge in [0.2, 0.25) is 5.91 Å². The molecule has 1 amide bonds. The van der Waals surface area contributed by atoms with Gasteiger partial charge in [-0.2, -0.15) is 0 Å². The van der Waals surface area contributed by atoms with Crippen LogP contribution in [0, 0.1) is 11.6 Å². The fourth-order valence-electron chi connectivity index (χ4n) is 3.15. The van der Waals surface area contributed by atoms with E-state index >= 15 is 0 Å². The molecule has 0 fully saturated rings. The molecule has 5 nitrogen and oxygen atoms in total. The van der Waals surface area contributed by atoms with Crippen LogP contribution in [0.25, 0.3) is 0 Å². The van der Waals surface area contributed by atoms with Gasteiger partial charge in [0, 0.05) is 24.2 Å². The average Bonchev–Trinajstić information content (AvgIpc) is 2.71. The molecule has 0 saturated heterocycles. The molecule has 3 rings (SSSR count). The predicted octanol–water partition coefficient (Wildman–Crippen LogP) is 4.35. The van der Waals surface area contributed by atoms with Crippen molar-refractivity contribution in [3.05, 3.63) is 75.9 Å². The first-order chi connectivity index (χ1) is 14.4. The standard InChI is InChI=1S/C22H20BrF2NO4/c1-29-8-9-30-21-10-15(18(23)13-19(21)25)11-22(28)26-7-6-17(27)12-20(26)14-2-4-16(24)5-3-14/h2-7,10,13,20H,8-9,11-12H2,1H3/t20-/m0/s1. The van der Waals surface area contributed by atoms with Crippen molar-refractivity contribution in [2.75, 3.05) is 20.3 Å². The first-order valence-electron chi connectivity index (χ1n) is 9.26. The van der Waals surface area contributed by atoms with E-state index in [0.717, 1.165) is 0 Å². The molecule has 1 aliphatic heterocycles. The molecular weight excluding hydrogens is 460 g/mol. The summed E-state index contributed by atoms with van der Waals surface area (Å²) in [5.41, 5.74) is 1.20. The van der Waals surface area contributed by atoms with Crippen molar-refractivity contribution in [2.24, 2.45) is 0 Å². The summed E-state index contributed by atoms with van der Waals surface area (Å²) < 4.78 is 38.1.